The van der Waals surface area contributed by atoms with E-state index in [2.05, 4.69) is 25.3 Å². The van der Waals surface area contributed by atoms with Gasteiger partial charge in [-0.1, -0.05) is 103 Å². The molecule has 1 aliphatic heterocycles. The molecule has 0 radical (unpaired) electrons. The second-order valence-electron chi connectivity index (χ2n) is 15.6. The number of rotatable bonds is 19. The molecular formula is C49H56N2O7. The summed E-state index contributed by atoms with van der Waals surface area (Å²) >= 11 is 0. The Balaban J connectivity index is 1.42. The fourth-order valence-electron chi connectivity index (χ4n) is 9.40. The number of hydrogen-bond donors (Lipinski definition) is 2. The van der Waals surface area contributed by atoms with E-state index in [9.17, 15) is 15.0 Å². The van der Waals surface area contributed by atoms with Gasteiger partial charge in [-0.3, -0.25) is 4.79 Å². The summed E-state index contributed by atoms with van der Waals surface area (Å²) in [5.74, 6) is -0.449. The first kappa shape index (κ1) is 41.0. The number of amides is 1. The maximum Gasteiger partial charge on any atom is 0.254 e. The van der Waals surface area contributed by atoms with Gasteiger partial charge in [0.25, 0.3) is 5.91 Å². The van der Waals surface area contributed by atoms with Crippen molar-refractivity contribution in [3.8, 4) is 11.5 Å². The number of carbonyl (C=O) groups is 1. The van der Waals surface area contributed by atoms with Gasteiger partial charge in [0.05, 0.1) is 18.2 Å². The van der Waals surface area contributed by atoms with Crippen molar-refractivity contribution >= 4 is 22.4 Å². The highest BCUT2D eigenvalue weighted by Gasteiger charge is 2.65. The predicted octanol–water partition coefficient (Wildman–Crippen LogP) is 9.01. The molecule has 7 rings (SSSR count). The molecule has 0 bridgehead atoms. The van der Waals surface area contributed by atoms with Crippen LogP contribution in [0.3, 0.4) is 0 Å². The average Bonchev–Trinajstić information content (AvgIpc) is 3.26. The van der Waals surface area contributed by atoms with E-state index < -0.39 is 17.7 Å². The largest absolute Gasteiger partial charge is 0.490 e. The van der Waals surface area contributed by atoms with Gasteiger partial charge in [0.2, 0.25) is 5.79 Å². The number of unbranched alkanes of at least 4 members (excludes halogenated alkanes) is 2. The summed E-state index contributed by atoms with van der Waals surface area (Å²) in [4.78, 5) is 22.8. The maximum atomic E-state index is 14.8. The van der Waals surface area contributed by atoms with E-state index in [1.807, 2.05) is 92.0 Å². The molecule has 58 heavy (non-hydrogen) atoms. The second-order valence-corrected chi connectivity index (χ2v) is 15.6. The molecule has 2 aliphatic carbocycles. The molecule has 0 saturated heterocycles. The van der Waals surface area contributed by atoms with Gasteiger partial charge < -0.3 is 34.2 Å². The molecule has 1 amide bonds. The molecule has 304 valence electrons. The van der Waals surface area contributed by atoms with E-state index in [4.69, 9.17) is 24.2 Å². The lowest BCUT2D eigenvalue weighted by atomic mass is 9.55. The summed E-state index contributed by atoms with van der Waals surface area (Å²) in [6.07, 6.45) is 10.9. The number of ether oxygens (including phenoxy) is 3. The molecule has 9 heteroatoms. The van der Waals surface area contributed by atoms with E-state index in [1.54, 1.807) is 17.1 Å². The topological polar surface area (TPSA) is 110 Å². The Labute approximate surface area is 342 Å². The normalized spacial score (nSPS) is 23.9. The Morgan fingerprint density at radius 1 is 0.897 bits per heavy atom. The van der Waals surface area contributed by atoms with Gasteiger partial charge in [-0.2, -0.15) is 0 Å². The van der Waals surface area contributed by atoms with Crippen LogP contribution in [0.15, 0.2) is 133 Å². The van der Waals surface area contributed by atoms with Crippen LogP contribution < -0.4 is 9.47 Å². The van der Waals surface area contributed by atoms with Crippen LogP contribution in [0, 0.1) is 17.8 Å². The van der Waals surface area contributed by atoms with Crippen molar-refractivity contribution in [2.45, 2.75) is 69.3 Å². The van der Waals surface area contributed by atoms with E-state index in [0.29, 0.717) is 42.9 Å². The van der Waals surface area contributed by atoms with Crippen LogP contribution in [0.4, 0.5) is 0 Å². The van der Waals surface area contributed by atoms with Crippen LogP contribution in [0.25, 0.3) is 10.8 Å². The molecule has 0 aromatic heterocycles. The van der Waals surface area contributed by atoms with Crippen LogP contribution in [-0.4, -0.2) is 72.0 Å². The minimum Gasteiger partial charge on any atom is -0.490 e. The minimum absolute atomic E-state index is 0.106. The first-order chi connectivity index (χ1) is 28.4. The Kier molecular flexibility index (Phi) is 13.4. The average molecular weight is 785 g/mol. The smallest absolute Gasteiger partial charge is 0.254 e. The number of aliphatic hydroxyl groups is 2. The number of hydrogen-bond acceptors (Lipinski definition) is 8. The number of nitrogens with zero attached hydrogens (tertiary/aromatic N) is 2. The number of aliphatic hydroxyl groups excluding tert-OH is 2. The molecular weight excluding hydrogens is 729 g/mol. The number of allylic oxidation sites excluding steroid dienone is 1. The van der Waals surface area contributed by atoms with E-state index in [-0.39, 0.29) is 50.1 Å². The zero-order valence-electron chi connectivity index (χ0n) is 33.5. The Hall–Kier alpha value is -5.22. The third-order valence-corrected chi connectivity index (χ3v) is 12.0. The van der Waals surface area contributed by atoms with E-state index in [0.717, 1.165) is 58.9 Å². The van der Waals surface area contributed by atoms with Crippen molar-refractivity contribution in [3.63, 3.8) is 0 Å². The van der Waals surface area contributed by atoms with Crippen LogP contribution in [0.1, 0.15) is 72.3 Å². The van der Waals surface area contributed by atoms with Gasteiger partial charge in [-0.05, 0) is 89.8 Å². The highest BCUT2D eigenvalue weighted by atomic mass is 16.7. The number of oxime groups is 1. The predicted molar refractivity (Wildman–Crippen MR) is 228 cm³/mol. The molecule has 9 nitrogen and oxygen atoms in total. The standard InChI is InChI=1S/C49H56N2O7/c1-4-27-55-39-23-24-44-42(31-39)46-40(20-12-14-26-53)37(19-11-13-25-52)30-41-43(50-57-33-34-15-7-6-8-16-34)32-45(49(58-44,47(41)46)56-28-5-2)51(3)48(54)38-22-21-35-17-9-10-18-36(35)29-38/h4-10,15-18,21-24,29-31,37,40,45-47,52-53H,1-2,11-14,19-20,25-28,32-33H2,3H3. The molecule has 6 unspecified atom stereocenters. The van der Waals surface area contributed by atoms with Crippen LogP contribution >= 0.6 is 0 Å². The number of fused-ring (bicyclic) bond motifs is 3. The zero-order chi connectivity index (χ0) is 40.5. The minimum atomic E-state index is -1.34. The Bertz CT molecular complexity index is 2110. The van der Waals surface area contributed by atoms with Gasteiger partial charge in [0.1, 0.15) is 30.8 Å². The summed E-state index contributed by atoms with van der Waals surface area (Å²) in [5, 5.41) is 26.7. The van der Waals surface area contributed by atoms with Gasteiger partial charge in [0, 0.05) is 43.7 Å². The van der Waals surface area contributed by atoms with E-state index >= 15 is 0 Å². The first-order valence-corrected chi connectivity index (χ1v) is 20.7. The zero-order valence-corrected chi connectivity index (χ0v) is 33.5. The summed E-state index contributed by atoms with van der Waals surface area (Å²) < 4.78 is 20.5. The molecule has 3 aliphatic rings. The third kappa shape index (κ3) is 8.48. The summed E-state index contributed by atoms with van der Waals surface area (Å²) in [5.41, 5.74) is 4.30. The van der Waals surface area contributed by atoms with Crippen molar-refractivity contribution in [2.24, 2.45) is 22.9 Å². The molecule has 4 aromatic carbocycles. The third-order valence-electron chi connectivity index (χ3n) is 12.0. The maximum absolute atomic E-state index is 14.8. The molecule has 6 atom stereocenters. The summed E-state index contributed by atoms with van der Waals surface area (Å²) in [6, 6.07) is 29.1. The SMILES string of the molecule is C=CCOc1ccc2c(c1)C1C(CCCCO)C(CCCCO)C=C3C(=NOCc4ccccc4)CC(N(C)C(=O)c4ccc5ccccc5c4)C(OCC=C)(O2)C31. The second kappa shape index (κ2) is 19.0. The lowest BCUT2D eigenvalue weighted by molar-refractivity contribution is -0.252. The van der Waals surface area contributed by atoms with Crippen molar-refractivity contribution in [1.29, 1.82) is 0 Å². The molecule has 2 N–H and O–H groups in total. The number of carbonyl (C=O) groups excluding carboxylic acids is 1. The highest BCUT2D eigenvalue weighted by Crippen LogP contribution is 2.62. The van der Waals surface area contributed by atoms with Gasteiger partial charge in [0.15, 0.2) is 0 Å². The number of benzene rings is 4. The lowest BCUT2D eigenvalue weighted by Gasteiger charge is -2.59. The highest BCUT2D eigenvalue weighted by molar-refractivity contribution is 6.04. The van der Waals surface area contributed by atoms with E-state index in [1.165, 1.54) is 0 Å². The summed E-state index contributed by atoms with van der Waals surface area (Å²) in [6.45, 7) is 8.96. The molecule has 1 fully saturated rings. The number of likely N-dealkylation sites (N-methyl/N-ethyl adjacent to an activating group) is 1. The monoisotopic (exact) mass is 784 g/mol. The first-order valence-electron chi connectivity index (χ1n) is 20.7. The Morgan fingerprint density at radius 2 is 1.64 bits per heavy atom. The molecule has 1 saturated carbocycles. The lowest BCUT2D eigenvalue weighted by Crippen LogP contribution is -2.69. The van der Waals surface area contributed by atoms with Crippen molar-refractivity contribution in [2.75, 3.05) is 33.5 Å². The fraction of sp³-hybridized carbons (Fsp3) is 0.388. The van der Waals surface area contributed by atoms with Crippen LogP contribution in [-0.2, 0) is 16.2 Å². The van der Waals surface area contributed by atoms with Crippen molar-refractivity contribution < 1.29 is 34.1 Å². The fourth-order valence-corrected chi connectivity index (χ4v) is 9.40. The van der Waals surface area contributed by atoms with Crippen molar-refractivity contribution in [3.05, 3.63) is 145 Å². The summed E-state index contributed by atoms with van der Waals surface area (Å²) in [7, 11) is 1.83. The van der Waals surface area contributed by atoms with Gasteiger partial charge >= 0.3 is 0 Å². The quantitative estimate of drug-likeness (QED) is 0.0555. The molecule has 1 heterocycles. The van der Waals surface area contributed by atoms with Crippen LogP contribution in [0.5, 0.6) is 11.5 Å². The van der Waals surface area contributed by atoms with Gasteiger partial charge in [-0.15, -0.1) is 6.58 Å². The molecule has 0 spiro atoms. The van der Waals surface area contributed by atoms with Crippen LogP contribution in [0.2, 0.25) is 0 Å². The van der Waals surface area contributed by atoms with Gasteiger partial charge in [-0.25, -0.2) is 0 Å². The van der Waals surface area contributed by atoms with Crippen molar-refractivity contribution in [1.82, 2.24) is 4.90 Å². The molecule has 4 aromatic rings. The Morgan fingerprint density at radius 3 is 2.40 bits per heavy atom.